The smallest absolute Gasteiger partial charge is 0.251 e. The average Bonchev–Trinajstić information content (AvgIpc) is 2.52. The van der Waals surface area contributed by atoms with E-state index in [0.29, 0.717) is 17.7 Å². The molecule has 0 unspecified atom stereocenters. The second-order valence-corrected chi connectivity index (χ2v) is 4.66. The molecule has 0 aliphatic heterocycles. The van der Waals surface area contributed by atoms with Crippen LogP contribution >= 0.6 is 0 Å². The first-order valence-electron chi connectivity index (χ1n) is 6.77. The van der Waals surface area contributed by atoms with Crippen LogP contribution in [0.2, 0.25) is 0 Å². The Bertz CT molecular complexity index is 643. The van der Waals surface area contributed by atoms with Gasteiger partial charge in [-0.2, -0.15) is 0 Å². The van der Waals surface area contributed by atoms with Crippen LogP contribution in [0.25, 0.3) is 6.08 Å². The van der Waals surface area contributed by atoms with Crippen molar-refractivity contribution in [2.75, 3.05) is 6.54 Å². The highest BCUT2D eigenvalue weighted by Crippen LogP contribution is 2.05. The minimum atomic E-state index is -0.150. The van der Waals surface area contributed by atoms with Gasteiger partial charge < -0.3 is 5.32 Å². The van der Waals surface area contributed by atoms with Gasteiger partial charge in [0.2, 0.25) is 0 Å². The third-order valence-corrected chi connectivity index (χ3v) is 3.04. The molecule has 0 bridgehead atoms. The van der Waals surface area contributed by atoms with Crippen molar-refractivity contribution < 1.29 is 9.59 Å². The van der Waals surface area contributed by atoms with Crippen LogP contribution in [0.15, 0.2) is 60.7 Å². The average molecular weight is 279 g/mol. The minimum Gasteiger partial charge on any atom is -0.349 e. The highest BCUT2D eigenvalue weighted by molar-refractivity contribution is 5.97. The Morgan fingerprint density at radius 1 is 0.952 bits per heavy atom. The normalized spacial score (nSPS) is 10.5. The zero-order valence-electron chi connectivity index (χ0n) is 11.9. The summed E-state index contributed by atoms with van der Waals surface area (Å²) in [6, 6.07) is 16.5. The van der Waals surface area contributed by atoms with Gasteiger partial charge in [-0.05, 0) is 24.6 Å². The third kappa shape index (κ3) is 4.42. The summed E-state index contributed by atoms with van der Waals surface area (Å²) in [5, 5.41) is 2.81. The van der Waals surface area contributed by atoms with Gasteiger partial charge in [0.15, 0.2) is 5.78 Å². The van der Waals surface area contributed by atoms with Gasteiger partial charge in [0.1, 0.15) is 0 Å². The first-order chi connectivity index (χ1) is 10.2. The van der Waals surface area contributed by atoms with E-state index in [2.05, 4.69) is 5.32 Å². The van der Waals surface area contributed by atoms with Crippen molar-refractivity contribution in [2.45, 2.75) is 6.92 Å². The van der Waals surface area contributed by atoms with E-state index in [-0.39, 0.29) is 11.7 Å². The highest BCUT2D eigenvalue weighted by Gasteiger charge is 2.05. The van der Waals surface area contributed by atoms with Crippen LogP contribution in [0.3, 0.4) is 0 Å². The third-order valence-electron chi connectivity index (χ3n) is 3.04. The first kappa shape index (κ1) is 14.7. The zero-order chi connectivity index (χ0) is 15.1. The van der Waals surface area contributed by atoms with Gasteiger partial charge in [0, 0.05) is 17.7 Å². The lowest BCUT2D eigenvalue weighted by molar-refractivity contribution is 0.0955. The molecule has 2 rings (SSSR count). The molecule has 0 aliphatic carbocycles. The van der Waals surface area contributed by atoms with Crippen LogP contribution in [0.5, 0.6) is 0 Å². The largest absolute Gasteiger partial charge is 0.349 e. The Hall–Kier alpha value is -2.68. The summed E-state index contributed by atoms with van der Waals surface area (Å²) in [4.78, 5) is 23.1. The summed E-state index contributed by atoms with van der Waals surface area (Å²) in [5.41, 5.74) is 2.25. The van der Waals surface area contributed by atoms with E-state index < -0.39 is 0 Å². The van der Waals surface area contributed by atoms with E-state index in [4.69, 9.17) is 0 Å². The zero-order valence-corrected chi connectivity index (χ0v) is 11.9. The molecular weight excluding hydrogens is 262 g/mol. The molecule has 0 spiro atoms. The number of rotatable bonds is 5. The molecule has 0 saturated heterocycles. The van der Waals surface area contributed by atoms with Crippen LogP contribution in [0, 0.1) is 0 Å². The number of hydrogen-bond donors (Lipinski definition) is 1. The second kappa shape index (κ2) is 7.20. The Morgan fingerprint density at radius 3 is 2.19 bits per heavy atom. The summed E-state index contributed by atoms with van der Waals surface area (Å²) >= 11 is 0. The number of Topliss-reactive ketones (excluding diaryl/α,β-unsaturated/α-hetero) is 1. The summed E-state index contributed by atoms with van der Waals surface area (Å²) in [6.45, 7) is 1.96. The van der Waals surface area contributed by atoms with E-state index in [1.54, 1.807) is 24.3 Å². The molecule has 3 nitrogen and oxygen atoms in total. The standard InChI is InChI=1S/C18H17NO2/c1-14(20)16-9-11-17(12-10-16)18(21)19-13-5-8-15-6-3-2-4-7-15/h2-12H,13H2,1H3,(H,19,21)/b8-5+. The molecule has 1 amide bonds. The van der Waals surface area contributed by atoms with Gasteiger partial charge in [-0.1, -0.05) is 54.6 Å². The molecule has 3 heteroatoms. The van der Waals surface area contributed by atoms with Gasteiger partial charge in [-0.25, -0.2) is 0 Å². The van der Waals surface area contributed by atoms with E-state index in [1.165, 1.54) is 6.92 Å². The topological polar surface area (TPSA) is 46.2 Å². The van der Waals surface area contributed by atoms with Gasteiger partial charge in [-0.15, -0.1) is 0 Å². The summed E-state index contributed by atoms with van der Waals surface area (Å²) < 4.78 is 0. The molecular formula is C18H17NO2. The number of ketones is 1. The van der Waals surface area contributed by atoms with Crippen molar-refractivity contribution in [3.8, 4) is 0 Å². The quantitative estimate of drug-likeness (QED) is 0.853. The van der Waals surface area contributed by atoms with E-state index >= 15 is 0 Å². The van der Waals surface area contributed by atoms with Crippen molar-refractivity contribution in [1.29, 1.82) is 0 Å². The van der Waals surface area contributed by atoms with Crippen molar-refractivity contribution in [3.63, 3.8) is 0 Å². The number of nitrogens with one attached hydrogen (secondary N) is 1. The lowest BCUT2D eigenvalue weighted by atomic mass is 10.1. The Morgan fingerprint density at radius 2 is 1.57 bits per heavy atom. The van der Waals surface area contributed by atoms with Crippen LogP contribution < -0.4 is 5.32 Å². The Balaban J connectivity index is 1.87. The molecule has 0 saturated carbocycles. The maximum atomic E-state index is 11.9. The van der Waals surface area contributed by atoms with Crippen molar-refractivity contribution in [3.05, 3.63) is 77.4 Å². The molecule has 2 aromatic carbocycles. The first-order valence-corrected chi connectivity index (χ1v) is 6.77. The number of amides is 1. The molecule has 0 atom stereocenters. The Kier molecular flexibility index (Phi) is 5.04. The molecule has 0 fully saturated rings. The number of hydrogen-bond acceptors (Lipinski definition) is 2. The van der Waals surface area contributed by atoms with Crippen molar-refractivity contribution in [2.24, 2.45) is 0 Å². The van der Waals surface area contributed by atoms with Crippen molar-refractivity contribution >= 4 is 17.8 Å². The highest BCUT2D eigenvalue weighted by atomic mass is 16.1. The predicted molar refractivity (Wildman–Crippen MR) is 84.3 cm³/mol. The molecule has 21 heavy (non-hydrogen) atoms. The maximum absolute atomic E-state index is 11.9. The number of carbonyl (C=O) groups is 2. The molecule has 0 aromatic heterocycles. The summed E-state index contributed by atoms with van der Waals surface area (Å²) in [7, 11) is 0. The maximum Gasteiger partial charge on any atom is 0.251 e. The molecule has 0 aliphatic rings. The second-order valence-electron chi connectivity index (χ2n) is 4.66. The van der Waals surface area contributed by atoms with Gasteiger partial charge in [-0.3, -0.25) is 9.59 Å². The molecule has 0 radical (unpaired) electrons. The minimum absolute atomic E-state index is 0.00671. The molecule has 106 valence electrons. The SMILES string of the molecule is CC(=O)c1ccc(C(=O)NC/C=C/c2ccccc2)cc1. The van der Waals surface area contributed by atoms with E-state index in [1.807, 2.05) is 42.5 Å². The monoisotopic (exact) mass is 279 g/mol. The molecule has 2 aromatic rings. The lowest BCUT2D eigenvalue weighted by Crippen LogP contribution is -2.23. The van der Waals surface area contributed by atoms with Crippen molar-refractivity contribution in [1.82, 2.24) is 5.32 Å². The summed E-state index contributed by atoms with van der Waals surface area (Å²) in [5.74, 6) is -0.157. The van der Waals surface area contributed by atoms with Gasteiger partial charge in [0.25, 0.3) is 5.91 Å². The van der Waals surface area contributed by atoms with E-state index in [0.717, 1.165) is 5.56 Å². The fourth-order valence-corrected chi connectivity index (χ4v) is 1.87. The Labute approximate surface area is 124 Å². The van der Waals surface area contributed by atoms with E-state index in [9.17, 15) is 9.59 Å². The predicted octanol–water partition coefficient (Wildman–Crippen LogP) is 3.33. The van der Waals surface area contributed by atoms with Crippen LogP contribution in [0.4, 0.5) is 0 Å². The number of benzene rings is 2. The van der Waals surface area contributed by atoms with Gasteiger partial charge in [0.05, 0.1) is 0 Å². The number of carbonyl (C=O) groups excluding carboxylic acids is 2. The van der Waals surface area contributed by atoms with Crippen LogP contribution in [0.1, 0.15) is 33.2 Å². The van der Waals surface area contributed by atoms with Crippen LogP contribution in [-0.4, -0.2) is 18.2 Å². The summed E-state index contributed by atoms with van der Waals surface area (Å²) in [6.07, 6.45) is 3.86. The fraction of sp³-hybridized carbons (Fsp3) is 0.111. The van der Waals surface area contributed by atoms with Gasteiger partial charge >= 0.3 is 0 Å². The molecule has 0 heterocycles. The molecule has 1 N–H and O–H groups in total. The van der Waals surface area contributed by atoms with Crippen LogP contribution in [-0.2, 0) is 0 Å². The lowest BCUT2D eigenvalue weighted by Gasteiger charge is -2.03. The fourth-order valence-electron chi connectivity index (χ4n) is 1.87.